The van der Waals surface area contributed by atoms with Crippen molar-refractivity contribution >= 4 is 8.03 Å². The van der Waals surface area contributed by atoms with Crippen LogP contribution in [0.25, 0.3) is 0 Å². The Kier molecular flexibility index (Phi) is 20.9. The molecule has 0 aromatic rings. The van der Waals surface area contributed by atoms with Crippen LogP contribution in [0.5, 0.6) is 0 Å². The predicted molar refractivity (Wildman–Crippen MR) is 146 cm³/mol. The summed E-state index contributed by atoms with van der Waals surface area (Å²) in [6.45, 7) is 4.30. The van der Waals surface area contributed by atoms with Crippen LogP contribution in [-0.2, 0) is 4.57 Å². The highest BCUT2D eigenvalue weighted by Gasteiger charge is 2.52. The highest BCUT2D eigenvalue weighted by molar-refractivity contribution is 7.38. The van der Waals surface area contributed by atoms with Crippen molar-refractivity contribution in [1.82, 2.24) is 0 Å². The smallest absolute Gasteiger partial charge is 0.376 e. The molecule has 0 radical (unpaired) electrons. The molecule has 0 aromatic carbocycles. The third-order valence-electron chi connectivity index (χ3n) is 7.49. The van der Waals surface area contributed by atoms with Crippen molar-refractivity contribution in [2.45, 2.75) is 154 Å². The summed E-state index contributed by atoms with van der Waals surface area (Å²) in [5, 5.41) is -0.612. The average Bonchev–Trinajstić information content (AvgIpc) is 2.76. The molecule has 0 rings (SSSR count). The maximum absolute atomic E-state index is 11.9. The lowest BCUT2D eigenvalue weighted by molar-refractivity contribution is -0.910. The van der Waals surface area contributed by atoms with E-state index in [4.69, 9.17) is 0 Å². The lowest BCUT2D eigenvalue weighted by Gasteiger charge is -2.39. The first-order valence-corrected chi connectivity index (χ1v) is 15.6. The molecule has 0 aliphatic carbocycles. The molecule has 0 aromatic heterocycles. The molecule has 0 N–H and O–H groups in total. The molecule has 2 atom stereocenters. The Morgan fingerprint density at radius 1 is 0.636 bits per heavy atom. The highest BCUT2D eigenvalue weighted by atomic mass is 31.1. The number of unbranched alkanes of at least 4 members (excludes halogenated alkanes) is 17. The van der Waals surface area contributed by atoms with E-state index in [2.05, 4.69) is 19.1 Å². The molecule has 0 aliphatic heterocycles. The van der Waals surface area contributed by atoms with E-state index < -0.39 is 13.3 Å². The minimum absolute atomic E-state index is 0.501. The van der Waals surface area contributed by atoms with Gasteiger partial charge in [-0.15, -0.1) is 0 Å². The van der Waals surface area contributed by atoms with Gasteiger partial charge in [-0.3, -0.25) is 4.48 Å². The van der Waals surface area contributed by atoms with E-state index in [-0.39, 0.29) is 0 Å². The number of hydrogen-bond acceptors (Lipinski definition) is 2. The maximum atomic E-state index is 11.9. The van der Waals surface area contributed by atoms with E-state index in [1.807, 2.05) is 28.1 Å². The average molecular weight is 485 g/mol. The summed E-state index contributed by atoms with van der Waals surface area (Å²) >= 11 is 0. The van der Waals surface area contributed by atoms with Crippen molar-refractivity contribution in [3.05, 3.63) is 12.2 Å². The predicted octanol–water partition coefficient (Wildman–Crippen LogP) is 9.28. The lowest BCUT2D eigenvalue weighted by Crippen LogP contribution is -2.55. The van der Waals surface area contributed by atoms with E-state index in [9.17, 15) is 9.46 Å². The van der Waals surface area contributed by atoms with E-state index in [0.717, 1.165) is 25.7 Å². The van der Waals surface area contributed by atoms with Crippen LogP contribution in [-0.4, -0.2) is 30.9 Å². The first-order chi connectivity index (χ1) is 15.8. The Morgan fingerprint density at radius 2 is 1.00 bits per heavy atom. The summed E-state index contributed by atoms with van der Waals surface area (Å²) in [6.07, 6.45) is 31.6. The largest absolute Gasteiger partial charge is 0.590 e. The van der Waals surface area contributed by atoms with E-state index in [1.165, 1.54) is 103 Å². The van der Waals surface area contributed by atoms with Gasteiger partial charge in [0.25, 0.3) is 5.28 Å². The minimum atomic E-state index is -2.43. The molecule has 0 fully saturated rings. The first-order valence-electron chi connectivity index (χ1n) is 14.4. The van der Waals surface area contributed by atoms with Crippen molar-refractivity contribution in [2.75, 3.05) is 21.1 Å². The molecule has 0 heterocycles. The van der Waals surface area contributed by atoms with Gasteiger partial charge < -0.3 is 4.89 Å². The molecule has 0 amide bonds. The van der Waals surface area contributed by atoms with Gasteiger partial charge in [-0.05, 0) is 32.1 Å². The number of allylic oxidation sites excluding steroid dienone is 2. The molecule has 0 bridgehead atoms. The second-order valence-corrected chi connectivity index (χ2v) is 12.4. The van der Waals surface area contributed by atoms with E-state index >= 15 is 0 Å². The SMILES string of the molecule is CCCCCCCCCCCCCCCC/C=C\CCCCCC(CC)([P+](=O)[O-])[N+](C)(C)C. The Bertz CT molecular complexity index is 487. The van der Waals surface area contributed by atoms with Crippen LogP contribution in [0.3, 0.4) is 0 Å². The molecule has 0 spiro atoms. The zero-order valence-electron chi connectivity index (χ0n) is 23.2. The van der Waals surface area contributed by atoms with Crippen LogP contribution in [0.1, 0.15) is 149 Å². The van der Waals surface area contributed by atoms with Gasteiger partial charge in [0.15, 0.2) is 0 Å². The standard InChI is InChI=1S/C29H59NO2P/c1-6-8-9-10-11-12-13-14-15-16-17-18-19-20-21-22-23-24-25-26-27-28-29(7-2,33(31)32)30(3,4)5/h22-23H,6-21,24-28H2,1-5H3/q+1/b23-22-. The van der Waals surface area contributed by atoms with E-state index in [0.29, 0.717) is 10.9 Å². The summed E-state index contributed by atoms with van der Waals surface area (Å²) < 4.78 is 12.5. The Hall–Kier alpha value is -0.240. The molecular formula is C29H59NO2P+. The summed E-state index contributed by atoms with van der Waals surface area (Å²) in [4.78, 5) is 11.9. The van der Waals surface area contributed by atoms with Gasteiger partial charge in [-0.2, -0.15) is 0 Å². The molecule has 0 aliphatic rings. The summed E-state index contributed by atoms with van der Waals surface area (Å²) in [5.74, 6) is 0. The van der Waals surface area contributed by atoms with Gasteiger partial charge in [-0.1, -0.05) is 120 Å². The molecular weight excluding hydrogens is 425 g/mol. The normalized spacial score (nSPS) is 14.7. The first kappa shape index (κ1) is 32.8. The Labute approximate surface area is 209 Å². The number of nitrogens with zero attached hydrogens (tertiary/aromatic N) is 1. The van der Waals surface area contributed by atoms with Crippen molar-refractivity contribution in [3.8, 4) is 0 Å². The van der Waals surface area contributed by atoms with E-state index in [1.54, 1.807) is 0 Å². The van der Waals surface area contributed by atoms with Gasteiger partial charge in [0.05, 0.1) is 21.1 Å². The quantitative estimate of drug-likeness (QED) is 0.0592. The lowest BCUT2D eigenvalue weighted by atomic mass is 10.0. The van der Waals surface area contributed by atoms with Crippen molar-refractivity contribution in [3.63, 3.8) is 0 Å². The zero-order chi connectivity index (χ0) is 24.8. The van der Waals surface area contributed by atoms with Crippen LogP contribution in [0.15, 0.2) is 12.2 Å². The summed E-state index contributed by atoms with van der Waals surface area (Å²) in [6, 6.07) is 0. The second-order valence-electron chi connectivity index (χ2n) is 11.1. The van der Waals surface area contributed by atoms with Crippen LogP contribution in [0.4, 0.5) is 0 Å². The number of rotatable bonds is 24. The Morgan fingerprint density at radius 3 is 1.33 bits per heavy atom. The second kappa shape index (κ2) is 21.1. The van der Waals surface area contributed by atoms with Crippen molar-refractivity contribution in [2.24, 2.45) is 0 Å². The molecule has 196 valence electrons. The summed E-state index contributed by atoms with van der Waals surface area (Å²) in [7, 11) is 3.60. The fraction of sp³-hybridized carbons (Fsp3) is 0.931. The topological polar surface area (TPSA) is 40.1 Å². The van der Waals surface area contributed by atoms with Crippen LogP contribution < -0.4 is 4.89 Å². The molecule has 2 unspecified atom stereocenters. The van der Waals surface area contributed by atoms with Crippen LogP contribution in [0, 0.1) is 0 Å². The van der Waals surface area contributed by atoms with Crippen molar-refractivity contribution < 1.29 is 13.9 Å². The fourth-order valence-corrected chi connectivity index (χ4v) is 6.08. The Balaban J connectivity index is 3.51. The van der Waals surface area contributed by atoms with Gasteiger partial charge >= 0.3 is 8.03 Å². The minimum Gasteiger partial charge on any atom is -0.590 e. The van der Waals surface area contributed by atoms with Gasteiger partial charge in [0, 0.05) is 12.8 Å². The monoisotopic (exact) mass is 484 g/mol. The molecule has 4 heteroatoms. The molecule has 33 heavy (non-hydrogen) atoms. The van der Waals surface area contributed by atoms with Crippen LogP contribution in [0.2, 0.25) is 0 Å². The zero-order valence-corrected chi connectivity index (χ0v) is 24.1. The van der Waals surface area contributed by atoms with Crippen molar-refractivity contribution in [1.29, 1.82) is 0 Å². The third-order valence-corrected chi connectivity index (χ3v) is 9.31. The number of quaternary nitrogens is 1. The number of hydrogen-bond donors (Lipinski definition) is 0. The van der Waals surface area contributed by atoms with Gasteiger partial charge in [0.1, 0.15) is 0 Å². The fourth-order valence-electron chi connectivity index (χ4n) is 4.99. The van der Waals surface area contributed by atoms with Crippen LogP contribution >= 0.6 is 8.03 Å². The molecule has 0 saturated carbocycles. The van der Waals surface area contributed by atoms with Gasteiger partial charge in [-0.25, -0.2) is 0 Å². The van der Waals surface area contributed by atoms with Gasteiger partial charge in [0.2, 0.25) is 0 Å². The molecule has 0 saturated heterocycles. The summed E-state index contributed by atoms with van der Waals surface area (Å²) in [5.41, 5.74) is 0. The third kappa shape index (κ3) is 16.1. The molecule has 3 nitrogen and oxygen atoms in total. The highest BCUT2D eigenvalue weighted by Crippen LogP contribution is 2.44. The maximum Gasteiger partial charge on any atom is 0.376 e.